The summed E-state index contributed by atoms with van der Waals surface area (Å²) in [6.45, 7) is 5.79. The van der Waals surface area contributed by atoms with E-state index < -0.39 is 17.1 Å². The van der Waals surface area contributed by atoms with E-state index in [-0.39, 0.29) is 27.9 Å². The summed E-state index contributed by atoms with van der Waals surface area (Å²) >= 11 is -1.28. The smallest absolute Gasteiger partial charge is 0.335 e. The van der Waals surface area contributed by atoms with Crippen LogP contribution in [0.1, 0.15) is 42.6 Å². The molecule has 6 heteroatoms. The minimum atomic E-state index is -1.28. The first-order chi connectivity index (χ1) is 11.8. The number of carbonyl (C=O) groups is 1. The Labute approximate surface area is 147 Å². The Kier molecular flexibility index (Phi) is 4.58. The molecular formula is C19H18O5S. The Morgan fingerprint density at radius 1 is 1.24 bits per heavy atom. The Morgan fingerprint density at radius 2 is 1.96 bits per heavy atom. The van der Waals surface area contributed by atoms with Crippen molar-refractivity contribution in [2.45, 2.75) is 31.6 Å². The summed E-state index contributed by atoms with van der Waals surface area (Å²) in [6.07, 6.45) is 0. The molecule has 0 saturated carbocycles. The number of carboxylic acid groups (broad SMARTS) is 1. The van der Waals surface area contributed by atoms with E-state index in [4.69, 9.17) is 9.52 Å². The van der Waals surface area contributed by atoms with Crippen molar-refractivity contribution in [1.82, 2.24) is 0 Å². The zero-order valence-electron chi connectivity index (χ0n) is 14.2. The summed E-state index contributed by atoms with van der Waals surface area (Å²) in [7, 11) is 0. The third-order valence-electron chi connectivity index (χ3n) is 4.18. The molecule has 0 bridgehead atoms. The molecule has 0 saturated heterocycles. The van der Waals surface area contributed by atoms with Crippen molar-refractivity contribution < 1.29 is 18.9 Å². The van der Waals surface area contributed by atoms with Gasteiger partial charge in [-0.3, -0.25) is 4.79 Å². The summed E-state index contributed by atoms with van der Waals surface area (Å²) in [4.78, 5) is 24.6. The van der Waals surface area contributed by atoms with Gasteiger partial charge in [0.25, 0.3) is 0 Å². The maximum Gasteiger partial charge on any atom is 0.335 e. The molecule has 0 amide bonds. The van der Waals surface area contributed by atoms with E-state index in [2.05, 4.69) is 0 Å². The van der Waals surface area contributed by atoms with Crippen molar-refractivity contribution in [1.29, 1.82) is 0 Å². The van der Waals surface area contributed by atoms with Gasteiger partial charge in [-0.25, -0.2) is 4.79 Å². The highest BCUT2D eigenvalue weighted by molar-refractivity contribution is 7.91. The molecule has 1 N–H and O–H groups in total. The van der Waals surface area contributed by atoms with Crippen LogP contribution in [0.15, 0.2) is 44.4 Å². The number of hydrogen-bond donors (Lipinski definition) is 1. The van der Waals surface area contributed by atoms with Crippen molar-refractivity contribution in [2.75, 3.05) is 5.75 Å². The lowest BCUT2D eigenvalue weighted by atomic mass is 10.0. The Balaban J connectivity index is 2.45. The fourth-order valence-corrected chi connectivity index (χ4v) is 3.68. The predicted molar refractivity (Wildman–Crippen MR) is 98.0 cm³/mol. The van der Waals surface area contributed by atoms with Crippen molar-refractivity contribution in [2.24, 2.45) is 0 Å². The molecule has 0 aliphatic carbocycles. The lowest BCUT2D eigenvalue weighted by Crippen LogP contribution is -2.10. The van der Waals surface area contributed by atoms with Crippen molar-refractivity contribution in [3.63, 3.8) is 0 Å². The second-order valence-electron chi connectivity index (χ2n) is 6.13. The lowest BCUT2D eigenvalue weighted by Gasteiger charge is -2.14. The largest absolute Gasteiger partial charge is 0.611 e. The first-order valence-corrected chi connectivity index (χ1v) is 9.31. The van der Waals surface area contributed by atoms with Crippen LogP contribution in [0.2, 0.25) is 0 Å². The monoisotopic (exact) mass is 358 g/mol. The van der Waals surface area contributed by atoms with E-state index in [9.17, 15) is 14.1 Å². The molecule has 0 spiro atoms. The predicted octanol–water partition coefficient (Wildman–Crippen LogP) is 3.90. The van der Waals surface area contributed by atoms with Crippen LogP contribution in [-0.4, -0.2) is 21.4 Å². The summed E-state index contributed by atoms with van der Waals surface area (Å²) in [5, 5.41) is 9.68. The highest BCUT2D eigenvalue weighted by Crippen LogP contribution is 2.30. The second kappa shape index (κ2) is 6.54. The zero-order valence-corrected chi connectivity index (χ0v) is 15.0. The van der Waals surface area contributed by atoms with Crippen molar-refractivity contribution >= 4 is 39.1 Å². The van der Waals surface area contributed by atoms with Gasteiger partial charge >= 0.3 is 5.97 Å². The molecule has 0 aliphatic heterocycles. The fraction of sp³-hybridized carbons (Fsp3) is 0.263. The van der Waals surface area contributed by atoms with E-state index in [1.165, 1.54) is 18.2 Å². The Bertz CT molecular complexity index is 1040. The highest BCUT2D eigenvalue weighted by atomic mass is 32.2. The van der Waals surface area contributed by atoms with Crippen LogP contribution in [0, 0.1) is 0 Å². The molecule has 25 heavy (non-hydrogen) atoms. The number of aromatic carboxylic acids is 1. The molecule has 1 aromatic heterocycles. The summed E-state index contributed by atoms with van der Waals surface area (Å²) in [5.74, 6) is -0.543. The topological polar surface area (TPSA) is 90.6 Å². The highest BCUT2D eigenvalue weighted by Gasteiger charge is 2.21. The van der Waals surface area contributed by atoms with Gasteiger partial charge in [0, 0.05) is 6.07 Å². The van der Waals surface area contributed by atoms with E-state index in [0.29, 0.717) is 21.6 Å². The number of rotatable bonds is 4. The fourth-order valence-electron chi connectivity index (χ4n) is 2.74. The molecule has 3 aromatic rings. The van der Waals surface area contributed by atoms with Crippen LogP contribution in [0.4, 0.5) is 0 Å². The van der Waals surface area contributed by atoms with Crippen LogP contribution < -0.4 is 5.43 Å². The average molecular weight is 358 g/mol. The second-order valence-corrected chi connectivity index (χ2v) is 7.84. The van der Waals surface area contributed by atoms with Crippen LogP contribution in [0.5, 0.6) is 0 Å². The van der Waals surface area contributed by atoms with E-state index >= 15 is 0 Å². The zero-order chi connectivity index (χ0) is 18.3. The van der Waals surface area contributed by atoms with Gasteiger partial charge in [0.05, 0.1) is 16.3 Å². The molecule has 0 fully saturated rings. The molecule has 5 nitrogen and oxygen atoms in total. The maximum atomic E-state index is 12.9. The molecule has 2 aromatic carbocycles. The summed E-state index contributed by atoms with van der Waals surface area (Å²) < 4.78 is 18.3. The van der Waals surface area contributed by atoms with Crippen LogP contribution in [-0.2, 0) is 11.2 Å². The van der Waals surface area contributed by atoms with Gasteiger partial charge in [-0.2, -0.15) is 0 Å². The van der Waals surface area contributed by atoms with E-state index in [1.54, 1.807) is 6.07 Å². The van der Waals surface area contributed by atoms with Gasteiger partial charge in [-0.1, -0.05) is 13.8 Å². The molecule has 1 heterocycles. The van der Waals surface area contributed by atoms with Gasteiger partial charge in [0.2, 0.25) is 5.43 Å². The SMILES string of the molecule is CC[S+]([O-])c1cc(C(C)C)cc2c(=O)c3cc(C(=O)O)ccc3oc12. The maximum absolute atomic E-state index is 12.9. The third kappa shape index (κ3) is 3.03. The Morgan fingerprint density at radius 3 is 2.56 bits per heavy atom. The van der Waals surface area contributed by atoms with Crippen molar-refractivity contribution in [3.8, 4) is 0 Å². The average Bonchev–Trinajstić information content (AvgIpc) is 2.60. The quantitative estimate of drug-likeness (QED) is 0.564. The molecule has 0 radical (unpaired) electrons. The summed E-state index contributed by atoms with van der Waals surface area (Å²) in [5.41, 5.74) is 1.21. The van der Waals surface area contributed by atoms with Crippen molar-refractivity contribution in [3.05, 3.63) is 51.7 Å². The number of benzene rings is 2. The number of carboxylic acids is 1. The van der Waals surface area contributed by atoms with Crippen LogP contribution in [0.3, 0.4) is 0 Å². The molecule has 3 rings (SSSR count). The van der Waals surface area contributed by atoms with E-state index in [1.807, 2.05) is 26.8 Å². The van der Waals surface area contributed by atoms with E-state index in [0.717, 1.165) is 5.56 Å². The van der Waals surface area contributed by atoms with Gasteiger partial charge in [0.15, 0.2) is 10.5 Å². The molecule has 1 atom stereocenters. The minimum absolute atomic E-state index is 0.0246. The Hall–Kier alpha value is -2.31. The first-order valence-electron chi connectivity index (χ1n) is 7.99. The number of fused-ring (bicyclic) bond motifs is 2. The minimum Gasteiger partial charge on any atom is -0.611 e. The van der Waals surface area contributed by atoms with Gasteiger partial charge in [-0.15, -0.1) is 0 Å². The molecule has 130 valence electrons. The standard InChI is InChI=1S/C19H18O5S/c1-4-25(23)16-9-12(10(2)3)8-14-17(20)13-7-11(19(21)22)5-6-15(13)24-18(14)16/h5-10H,4H2,1-3H3,(H,21,22). The molecular weight excluding hydrogens is 340 g/mol. The van der Waals surface area contributed by atoms with Crippen LogP contribution >= 0.6 is 0 Å². The van der Waals surface area contributed by atoms with Gasteiger partial charge in [-0.05, 0) is 53.8 Å². The van der Waals surface area contributed by atoms with Gasteiger partial charge in [0.1, 0.15) is 11.3 Å². The normalized spacial score (nSPS) is 12.8. The summed E-state index contributed by atoms with van der Waals surface area (Å²) in [6, 6.07) is 7.75. The lowest BCUT2D eigenvalue weighted by molar-refractivity contribution is 0.0697. The number of hydrogen-bond acceptors (Lipinski definition) is 4. The third-order valence-corrected chi connectivity index (χ3v) is 5.50. The first kappa shape index (κ1) is 17.5. The van der Waals surface area contributed by atoms with Crippen LogP contribution in [0.25, 0.3) is 21.9 Å². The molecule has 1 unspecified atom stereocenters. The molecule has 0 aliphatic rings. The van der Waals surface area contributed by atoms with Gasteiger partial charge < -0.3 is 14.1 Å².